The Morgan fingerprint density at radius 1 is 1.25 bits per heavy atom. The van der Waals surface area contributed by atoms with E-state index in [2.05, 4.69) is 47.7 Å². The van der Waals surface area contributed by atoms with Gasteiger partial charge in [-0.2, -0.15) is 0 Å². The molecule has 0 amide bonds. The lowest BCUT2D eigenvalue weighted by atomic mass is 9.97. The number of H-pyrrole nitrogens is 1. The van der Waals surface area contributed by atoms with Crippen molar-refractivity contribution >= 4 is 16.9 Å². The van der Waals surface area contributed by atoms with Crippen molar-refractivity contribution in [2.24, 2.45) is 0 Å². The van der Waals surface area contributed by atoms with Crippen molar-refractivity contribution in [1.29, 1.82) is 0 Å². The molecule has 2 aromatic carbocycles. The number of aryl methyl sites for hydroxylation is 1. The lowest BCUT2D eigenvalue weighted by Crippen LogP contribution is -2.50. The molecule has 0 aliphatic carbocycles. The molecule has 1 aromatic heterocycles. The average molecular weight is 436 g/mol. The number of aromatic amines is 1. The minimum atomic E-state index is -0.891. The predicted molar refractivity (Wildman–Crippen MR) is 127 cm³/mol. The summed E-state index contributed by atoms with van der Waals surface area (Å²) < 4.78 is 5.79. The molecule has 0 bridgehead atoms. The van der Waals surface area contributed by atoms with Crippen molar-refractivity contribution in [3.8, 4) is 5.75 Å². The van der Waals surface area contributed by atoms with E-state index in [4.69, 9.17) is 4.74 Å². The first kappa shape index (κ1) is 22.4. The highest BCUT2D eigenvalue weighted by Gasteiger charge is 2.31. The Hall–Kier alpha value is -2.83. The van der Waals surface area contributed by atoms with Gasteiger partial charge in [0.1, 0.15) is 5.75 Å². The molecule has 1 aliphatic rings. The zero-order valence-electron chi connectivity index (χ0n) is 19.4. The van der Waals surface area contributed by atoms with Gasteiger partial charge in [0.25, 0.3) is 0 Å². The van der Waals surface area contributed by atoms with Gasteiger partial charge in [-0.3, -0.25) is 9.80 Å². The number of fused-ring (bicyclic) bond motifs is 1. The first-order valence-corrected chi connectivity index (χ1v) is 11.4. The molecule has 6 heteroatoms. The fourth-order valence-electron chi connectivity index (χ4n) is 4.84. The highest BCUT2D eigenvalue weighted by molar-refractivity contribution is 5.88. The number of benzene rings is 2. The van der Waals surface area contributed by atoms with Crippen molar-refractivity contribution in [3.05, 3.63) is 64.8 Å². The van der Waals surface area contributed by atoms with Crippen LogP contribution >= 0.6 is 0 Å². The molecule has 3 aromatic rings. The fraction of sp³-hybridized carbons (Fsp3) is 0.423. The summed E-state index contributed by atoms with van der Waals surface area (Å²) >= 11 is 0. The number of carboxylic acids is 1. The van der Waals surface area contributed by atoms with Crippen molar-refractivity contribution < 1.29 is 14.6 Å². The van der Waals surface area contributed by atoms with Crippen LogP contribution in [-0.2, 0) is 6.54 Å². The first-order valence-electron chi connectivity index (χ1n) is 11.4. The van der Waals surface area contributed by atoms with Crippen LogP contribution in [0.25, 0.3) is 10.9 Å². The molecule has 2 heterocycles. The molecule has 0 spiro atoms. The summed E-state index contributed by atoms with van der Waals surface area (Å²) in [6.45, 7) is 10.3. The molecule has 4 rings (SSSR count). The summed E-state index contributed by atoms with van der Waals surface area (Å²) in [5, 5.41) is 10.5. The molecule has 170 valence electrons. The standard InChI is InChI=1S/C26H33N3O3/c1-5-18(3)28-12-13-29(23(16-28)19-6-8-20(9-7-19)26(30)31)15-22-21-10-11-27-25(21)17(2)14-24(22)32-4/h6-11,14,18,23,27H,5,12-13,15-16H2,1-4H3,(H,30,31). The van der Waals surface area contributed by atoms with Crippen LogP contribution in [-0.4, -0.2) is 58.6 Å². The Labute approximate surface area is 189 Å². The van der Waals surface area contributed by atoms with Crippen LogP contribution in [0, 0.1) is 6.92 Å². The Kier molecular flexibility index (Phi) is 6.53. The monoisotopic (exact) mass is 435 g/mol. The number of nitrogens with zero attached hydrogens (tertiary/aromatic N) is 2. The van der Waals surface area contributed by atoms with Crippen LogP contribution < -0.4 is 4.74 Å². The maximum absolute atomic E-state index is 11.3. The number of carbonyl (C=O) groups is 1. The van der Waals surface area contributed by atoms with Gasteiger partial charge in [0.05, 0.1) is 12.7 Å². The molecule has 32 heavy (non-hydrogen) atoms. The van der Waals surface area contributed by atoms with Crippen LogP contribution in [0.3, 0.4) is 0 Å². The van der Waals surface area contributed by atoms with Crippen molar-refractivity contribution in [2.45, 2.75) is 45.8 Å². The number of piperazine rings is 1. The van der Waals surface area contributed by atoms with E-state index in [0.717, 1.165) is 49.4 Å². The molecule has 1 saturated heterocycles. The van der Waals surface area contributed by atoms with E-state index in [0.29, 0.717) is 11.6 Å². The molecule has 1 fully saturated rings. The number of hydrogen-bond acceptors (Lipinski definition) is 4. The second kappa shape index (κ2) is 9.35. The first-order chi connectivity index (χ1) is 15.4. The van der Waals surface area contributed by atoms with E-state index in [9.17, 15) is 9.90 Å². The van der Waals surface area contributed by atoms with Gasteiger partial charge in [-0.25, -0.2) is 4.79 Å². The Morgan fingerprint density at radius 3 is 2.66 bits per heavy atom. The van der Waals surface area contributed by atoms with Crippen molar-refractivity contribution in [1.82, 2.24) is 14.8 Å². The summed E-state index contributed by atoms with van der Waals surface area (Å²) in [4.78, 5) is 19.8. The van der Waals surface area contributed by atoms with Gasteiger partial charge >= 0.3 is 5.97 Å². The maximum Gasteiger partial charge on any atom is 0.335 e. The van der Waals surface area contributed by atoms with E-state index in [-0.39, 0.29) is 6.04 Å². The lowest BCUT2D eigenvalue weighted by Gasteiger charge is -2.44. The second-order valence-electron chi connectivity index (χ2n) is 8.81. The Bertz CT molecular complexity index is 1090. The molecule has 0 radical (unpaired) electrons. The summed E-state index contributed by atoms with van der Waals surface area (Å²) in [5.74, 6) is 0.0245. The highest BCUT2D eigenvalue weighted by atomic mass is 16.5. The van der Waals surface area contributed by atoms with Crippen molar-refractivity contribution in [2.75, 3.05) is 26.7 Å². The smallest absolute Gasteiger partial charge is 0.335 e. The van der Waals surface area contributed by atoms with Gasteiger partial charge in [-0.1, -0.05) is 19.1 Å². The highest BCUT2D eigenvalue weighted by Crippen LogP contribution is 2.35. The fourth-order valence-corrected chi connectivity index (χ4v) is 4.84. The van der Waals surface area contributed by atoms with Gasteiger partial charge in [0, 0.05) is 60.9 Å². The van der Waals surface area contributed by atoms with Crippen LogP contribution in [0.5, 0.6) is 5.75 Å². The molecular weight excluding hydrogens is 402 g/mol. The topological polar surface area (TPSA) is 68.8 Å². The molecule has 6 nitrogen and oxygen atoms in total. The van der Waals surface area contributed by atoms with Gasteiger partial charge in [0.15, 0.2) is 0 Å². The van der Waals surface area contributed by atoms with Gasteiger partial charge in [-0.05, 0) is 55.7 Å². The van der Waals surface area contributed by atoms with Crippen LogP contribution in [0.1, 0.15) is 53.4 Å². The van der Waals surface area contributed by atoms with E-state index in [1.165, 1.54) is 16.5 Å². The molecule has 0 saturated carbocycles. The number of hydrogen-bond donors (Lipinski definition) is 2. The van der Waals surface area contributed by atoms with E-state index >= 15 is 0 Å². The summed E-state index contributed by atoms with van der Waals surface area (Å²) in [7, 11) is 1.74. The number of carboxylic acid groups (broad SMARTS) is 1. The molecule has 2 N–H and O–H groups in total. The third kappa shape index (κ3) is 4.25. The molecule has 2 unspecified atom stereocenters. The summed E-state index contributed by atoms with van der Waals surface area (Å²) in [6, 6.07) is 12.3. The molecule has 2 atom stereocenters. The number of aromatic nitrogens is 1. The van der Waals surface area contributed by atoms with Gasteiger partial charge in [0.2, 0.25) is 0 Å². The van der Waals surface area contributed by atoms with Gasteiger partial charge < -0.3 is 14.8 Å². The van der Waals surface area contributed by atoms with E-state index < -0.39 is 5.97 Å². The average Bonchev–Trinajstić information content (AvgIpc) is 3.31. The number of ether oxygens (including phenoxy) is 1. The Balaban J connectivity index is 1.70. The third-order valence-electron chi connectivity index (χ3n) is 6.97. The number of nitrogens with one attached hydrogen (secondary N) is 1. The minimum absolute atomic E-state index is 0.181. The largest absolute Gasteiger partial charge is 0.496 e. The normalized spacial score (nSPS) is 18.7. The predicted octanol–water partition coefficient (Wildman–Crippen LogP) is 4.84. The Morgan fingerprint density at radius 2 is 2.00 bits per heavy atom. The van der Waals surface area contributed by atoms with E-state index in [1.807, 2.05) is 18.3 Å². The molecule has 1 aliphatic heterocycles. The minimum Gasteiger partial charge on any atom is -0.496 e. The van der Waals surface area contributed by atoms with Crippen molar-refractivity contribution in [3.63, 3.8) is 0 Å². The lowest BCUT2D eigenvalue weighted by molar-refractivity contribution is 0.0452. The number of aromatic carboxylic acids is 1. The quantitative estimate of drug-likeness (QED) is 0.556. The number of rotatable bonds is 7. The maximum atomic E-state index is 11.3. The van der Waals surface area contributed by atoms with Crippen LogP contribution in [0.4, 0.5) is 0 Å². The SMILES string of the molecule is CCC(C)N1CCN(Cc2c(OC)cc(C)c3[nH]ccc23)C(c2ccc(C(=O)O)cc2)C1. The number of methoxy groups -OCH3 is 1. The zero-order chi connectivity index (χ0) is 22.8. The van der Waals surface area contributed by atoms with Crippen LogP contribution in [0.15, 0.2) is 42.6 Å². The van der Waals surface area contributed by atoms with Crippen LogP contribution in [0.2, 0.25) is 0 Å². The second-order valence-corrected chi connectivity index (χ2v) is 8.81. The van der Waals surface area contributed by atoms with Gasteiger partial charge in [-0.15, -0.1) is 0 Å². The van der Waals surface area contributed by atoms with E-state index in [1.54, 1.807) is 19.2 Å². The summed E-state index contributed by atoms with van der Waals surface area (Å²) in [5.41, 5.74) is 5.00. The zero-order valence-corrected chi connectivity index (χ0v) is 19.4. The molecular formula is C26H33N3O3. The third-order valence-corrected chi connectivity index (χ3v) is 6.97. The summed E-state index contributed by atoms with van der Waals surface area (Å²) in [6.07, 6.45) is 3.10.